The molecular weight excluding hydrogens is 486 g/mol. The van der Waals surface area contributed by atoms with E-state index < -0.39 is 5.91 Å². The third kappa shape index (κ3) is 5.29. The van der Waals surface area contributed by atoms with Crippen LogP contribution in [0.15, 0.2) is 18.2 Å². The van der Waals surface area contributed by atoms with Crippen molar-refractivity contribution < 1.29 is 18.9 Å². The van der Waals surface area contributed by atoms with Gasteiger partial charge in [0, 0.05) is 12.1 Å². The highest BCUT2D eigenvalue weighted by atomic mass is 35.5. The molecule has 0 aliphatic carbocycles. The van der Waals surface area contributed by atoms with Gasteiger partial charge in [0.15, 0.2) is 40.1 Å². The van der Waals surface area contributed by atoms with E-state index in [1.54, 1.807) is 7.11 Å². The Morgan fingerprint density at radius 3 is 2.69 bits per heavy atom. The van der Waals surface area contributed by atoms with E-state index in [9.17, 15) is 9.59 Å². The maximum atomic E-state index is 13.0. The molecule has 13 heteroatoms. The van der Waals surface area contributed by atoms with Crippen molar-refractivity contribution in [1.82, 2.24) is 30.5 Å². The largest absolute Gasteiger partial charge is 0.497 e. The molecule has 192 valence electrons. The summed E-state index contributed by atoms with van der Waals surface area (Å²) in [5, 5.41) is 9.16. The van der Waals surface area contributed by atoms with Crippen molar-refractivity contribution in [3.8, 4) is 5.75 Å². The topological polar surface area (TPSA) is 166 Å². The van der Waals surface area contributed by atoms with Crippen molar-refractivity contribution in [2.75, 3.05) is 31.7 Å². The molecule has 12 nitrogen and oxygen atoms in total. The molecule has 7 N–H and O–H groups in total. The number of piperidine rings is 1. The molecule has 2 aromatic heterocycles. The lowest BCUT2D eigenvalue weighted by Gasteiger charge is -2.23. The van der Waals surface area contributed by atoms with Gasteiger partial charge in [-0.1, -0.05) is 11.6 Å². The van der Waals surface area contributed by atoms with Gasteiger partial charge in [-0.25, -0.2) is 19.1 Å². The van der Waals surface area contributed by atoms with Gasteiger partial charge in [0.1, 0.15) is 12.3 Å². The van der Waals surface area contributed by atoms with Crippen LogP contribution in [-0.4, -0.2) is 52.6 Å². The van der Waals surface area contributed by atoms with E-state index in [1.165, 1.54) is 0 Å². The highest BCUT2D eigenvalue weighted by molar-refractivity contribution is 6.31. The summed E-state index contributed by atoms with van der Waals surface area (Å²) in [6.07, 6.45) is 1.78. The van der Waals surface area contributed by atoms with Crippen LogP contribution in [0.25, 0.3) is 11.0 Å². The summed E-state index contributed by atoms with van der Waals surface area (Å²) in [7, 11) is 1.60. The molecule has 3 aromatic rings. The number of carbonyl (C=O) groups excluding carboxylic acids is 2. The quantitative estimate of drug-likeness (QED) is 0.268. The van der Waals surface area contributed by atoms with Crippen LogP contribution in [-0.2, 0) is 24.4 Å². The van der Waals surface area contributed by atoms with Crippen molar-refractivity contribution in [2.45, 2.75) is 45.4 Å². The number of halogens is 1. The number of methoxy groups -OCH3 is 1. The van der Waals surface area contributed by atoms with Crippen LogP contribution in [0.3, 0.4) is 0 Å². The Bertz CT molecular complexity index is 1290. The molecule has 0 atom stereocenters. The molecular formula is C23H31ClN9O3+. The maximum absolute atomic E-state index is 13.0. The first-order chi connectivity index (χ1) is 17.3. The van der Waals surface area contributed by atoms with Crippen LogP contribution in [0.2, 0.25) is 5.15 Å². The third-order valence-corrected chi connectivity index (χ3v) is 6.51. The Labute approximate surface area is 213 Å². The Morgan fingerprint density at radius 1 is 1.25 bits per heavy atom. The number of aromatic nitrogens is 4. The van der Waals surface area contributed by atoms with E-state index in [-0.39, 0.29) is 47.5 Å². The van der Waals surface area contributed by atoms with Crippen LogP contribution in [0.1, 0.15) is 36.1 Å². The molecule has 0 saturated carbocycles. The number of hydrogen-bond acceptors (Lipinski definition) is 8. The summed E-state index contributed by atoms with van der Waals surface area (Å²) in [4.78, 5) is 33.8. The van der Waals surface area contributed by atoms with Gasteiger partial charge in [-0.05, 0) is 45.0 Å². The standard InChI is InChI=1S/C23H30ClN9O3/c1-3-32-16-10-14(36-2)4-5-15(16)33(12-17(34)29-13-6-8-27-9-7-13)18(32)11-28-23(35)19-21(25)31-22(26)20(24)30-19/h4-5,10,13,27H,3,6-9,11-12H2,1-2H3,(H5-,25,26,28,29,31,34,35)/p+1. The number of nitrogens with two attached hydrogens (primary N) is 2. The lowest BCUT2D eigenvalue weighted by Crippen LogP contribution is -2.50. The minimum Gasteiger partial charge on any atom is -0.497 e. The second-order valence-electron chi connectivity index (χ2n) is 8.51. The molecule has 1 aliphatic rings. The second kappa shape index (κ2) is 11.0. The number of imidazole rings is 1. The number of nitrogen functional groups attached to an aromatic ring is 2. The predicted octanol–water partition coefficient (Wildman–Crippen LogP) is 0.363. The van der Waals surface area contributed by atoms with Crippen LogP contribution < -0.4 is 36.7 Å². The van der Waals surface area contributed by atoms with Gasteiger partial charge >= 0.3 is 0 Å². The summed E-state index contributed by atoms with van der Waals surface area (Å²) in [5.74, 6) is 0.593. The maximum Gasteiger partial charge on any atom is 0.277 e. The Hall–Kier alpha value is -3.64. The van der Waals surface area contributed by atoms with Crippen molar-refractivity contribution in [3.63, 3.8) is 0 Å². The number of benzene rings is 1. The summed E-state index contributed by atoms with van der Waals surface area (Å²) in [5.41, 5.74) is 13.1. The normalized spacial score (nSPS) is 14.1. The smallest absolute Gasteiger partial charge is 0.277 e. The average molecular weight is 517 g/mol. The summed E-state index contributed by atoms with van der Waals surface area (Å²) >= 11 is 5.94. The molecule has 4 rings (SSSR count). The van der Waals surface area contributed by atoms with Gasteiger partial charge < -0.3 is 32.2 Å². The van der Waals surface area contributed by atoms with Crippen molar-refractivity contribution in [2.24, 2.45) is 0 Å². The number of hydrogen-bond donors (Lipinski definition) is 5. The molecule has 1 aromatic carbocycles. The van der Waals surface area contributed by atoms with Gasteiger partial charge in [-0.15, -0.1) is 0 Å². The summed E-state index contributed by atoms with van der Waals surface area (Å²) < 4.78 is 9.34. The van der Waals surface area contributed by atoms with Gasteiger partial charge in [0.05, 0.1) is 13.7 Å². The Morgan fingerprint density at radius 2 is 2.00 bits per heavy atom. The highest BCUT2D eigenvalue weighted by Gasteiger charge is 2.28. The summed E-state index contributed by atoms with van der Waals surface area (Å²) in [6.45, 7) is 4.56. The van der Waals surface area contributed by atoms with Crippen LogP contribution in [0, 0.1) is 0 Å². The zero-order valence-corrected chi connectivity index (χ0v) is 21.1. The predicted molar refractivity (Wildman–Crippen MR) is 135 cm³/mol. The molecule has 0 unspecified atom stereocenters. The van der Waals surface area contributed by atoms with Crippen LogP contribution >= 0.6 is 11.6 Å². The van der Waals surface area contributed by atoms with E-state index in [0.29, 0.717) is 12.3 Å². The van der Waals surface area contributed by atoms with Crippen molar-refractivity contribution in [1.29, 1.82) is 0 Å². The second-order valence-corrected chi connectivity index (χ2v) is 8.87. The molecule has 0 bridgehead atoms. The molecule has 1 fully saturated rings. The Kier molecular flexibility index (Phi) is 7.75. The first-order valence-electron chi connectivity index (χ1n) is 11.8. The first-order valence-corrected chi connectivity index (χ1v) is 12.2. The Balaban J connectivity index is 1.65. The van der Waals surface area contributed by atoms with Crippen LogP contribution in [0.5, 0.6) is 5.75 Å². The monoisotopic (exact) mass is 516 g/mol. The van der Waals surface area contributed by atoms with Gasteiger partial charge in [0.2, 0.25) is 0 Å². The van der Waals surface area contributed by atoms with E-state index in [4.69, 9.17) is 27.8 Å². The number of nitrogens with zero attached hydrogens (tertiary/aromatic N) is 4. The number of amides is 2. The number of fused-ring (bicyclic) bond motifs is 1. The fraction of sp³-hybridized carbons (Fsp3) is 0.435. The molecule has 3 heterocycles. The molecule has 1 saturated heterocycles. The molecule has 1 aliphatic heterocycles. The van der Waals surface area contributed by atoms with E-state index in [1.807, 2.05) is 34.3 Å². The lowest BCUT2D eigenvalue weighted by molar-refractivity contribution is -0.667. The van der Waals surface area contributed by atoms with Crippen molar-refractivity contribution in [3.05, 3.63) is 34.9 Å². The number of ether oxygens (including phenoxy) is 1. The number of nitrogens with one attached hydrogen (secondary N) is 3. The SMILES string of the molecule is CCn1c(CNC(=O)c2nc(Cl)c(N)nc2N)[n+](CC(=O)NC2CCNCC2)c2ccc(OC)cc21. The van der Waals surface area contributed by atoms with Crippen molar-refractivity contribution >= 4 is 46.1 Å². The number of anilines is 2. The highest BCUT2D eigenvalue weighted by Crippen LogP contribution is 2.22. The summed E-state index contributed by atoms with van der Waals surface area (Å²) in [6, 6.07) is 5.80. The van der Waals surface area contributed by atoms with E-state index >= 15 is 0 Å². The zero-order valence-electron chi connectivity index (χ0n) is 20.3. The fourth-order valence-corrected chi connectivity index (χ4v) is 4.58. The molecule has 2 amide bonds. The van der Waals surface area contributed by atoms with Crippen LogP contribution in [0.4, 0.5) is 11.6 Å². The lowest BCUT2D eigenvalue weighted by atomic mass is 10.1. The molecule has 0 radical (unpaired) electrons. The number of carbonyl (C=O) groups is 2. The van der Waals surface area contributed by atoms with Gasteiger partial charge in [0.25, 0.3) is 17.6 Å². The number of aryl methyl sites for hydroxylation is 1. The fourth-order valence-electron chi connectivity index (χ4n) is 4.45. The minimum atomic E-state index is -0.557. The third-order valence-electron chi connectivity index (χ3n) is 6.24. The average Bonchev–Trinajstić information content (AvgIpc) is 3.16. The first kappa shape index (κ1) is 25.5. The van der Waals surface area contributed by atoms with Gasteiger partial charge in [-0.2, -0.15) is 0 Å². The molecule has 0 spiro atoms. The van der Waals surface area contributed by atoms with Gasteiger partial charge in [-0.3, -0.25) is 9.59 Å². The minimum absolute atomic E-state index is 0.0524. The molecule has 36 heavy (non-hydrogen) atoms. The zero-order chi connectivity index (χ0) is 25.8. The number of rotatable bonds is 8. The van der Waals surface area contributed by atoms with E-state index in [0.717, 1.165) is 42.8 Å². The van der Waals surface area contributed by atoms with E-state index in [2.05, 4.69) is 25.9 Å².